The van der Waals surface area contributed by atoms with Crippen molar-refractivity contribution in [1.29, 1.82) is 0 Å². The molecule has 2 rings (SSSR count). The molecule has 2 atom stereocenters. The van der Waals surface area contributed by atoms with E-state index >= 15 is 0 Å². The van der Waals surface area contributed by atoms with Gasteiger partial charge < -0.3 is 14.7 Å². The van der Waals surface area contributed by atoms with Gasteiger partial charge in [0.05, 0.1) is 5.92 Å². The molecule has 2 unspecified atom stereocenters. The van der Waals surface area contributed by atoms with Crippen molar-refractivity contribution in [3.63, 3.8) is 0 Å². The van der Waals surface area contributed by atoms with Crippen LogP contribution in [0.5, 0.6) is 0 Å². The van der Waals surface area contributed by atoms with Gasteiger partial charge >= 0.3 is 5.97 Å². The number of hydrogen-bond donors (Lipinski definition) is 1. The minimum absolute atomic E-state index is 0.167. The van der Waals surface area contributed by atoms with Crippen molar-refractivity contribution in [2.24, 2.45) is 17.8 Å². The van der Waals surface area contributed by atoms with Gasteiger partial charge in [0.1, 0.15) is 0 Å². The fourth-order valence-corrected chi connectivity index (χ4v) is 2.83. The normalized spacial score (nSPS) is 33.1. The van der Waals surface area contributed by atoms with Crippen LogP contribution in [-0.2, 0) is 9.53 Å². The first kappa shape index (κ1) is 11.9. The first-order chi connectivity index (χ1) is 7.66. The van der Waals surface area contributed by atoms with Gasteiger partial charge in [-0.2, -0.15) is 0 Å². The van der Waals surface area contributed by atoms with E-state index in [9.17, 15) is 4.79 Å². The number of nitrogens with zero attached hydrogens (tertiary/aromatic N) is 1. The summed E-state index contributed by atoms with van der Waals surface area (Å²) in [5, 5.41) is 9.06. The number of rotatable bonds is 3. The van der Waals surface area contributed by atoms with E-state index in [1.165, 1.54) is 0 Å². The second-order valence-electron chi connectivity index (χ2n) is 5.20. The van der Waals surface area contributed by atoms with E-state index < -0.39 is 5.97 Å². The molecule has 0 radical (unpaired) electrons. The van der Waals surface area contributed by atoms with E-state index in [4.69, 9.17) is 9.84 Å². The Hall–Kier alpha value is -0.610. The molecule has 2 fully saturated rings. The molecule has 4 nitrogen and oxygen atoms in total. The molecule has 1 N–H and O–H groups in total. The summed E-state index contributed by atoms with van der Waals surface area (Å²) in [6, 6.07) is 0. The molecule has 0 spiro atoms. The Balaban J connectivity index is 1.81. The summed E-state index contributed by atoms with van der Waals surface area (Å²) in [5.74, 6) is 0.188. The van der Waals surface area contributed by atoms with Gasteiger partial charge in [-0.05, 0) is 24.7 Å². The number of hydrogen-bond acceptors (Lipinski definition) is 3. The Morgan fingerprint density at radius 3 is 2.62 bits per heavy atom. The van der Waals surface area contributed by atoms with Gasteiger partial charge in [-0.3, -0.25) is 4.79 Å². The smallest absolute Gasteiger partial charge is 0.308 e. The molecular weight excluding hydrogens is 206 g/mol. The first-order valence-electron chi connectivity index (χ1n) is 6.19. The second-order valence-corrected chi connectivity index (χ2v) is 5.20. The van der Waals surface area contributed by atoms with Gasteiger partial charge in [0, 0.05) is 32.8 Å². The van der Waals surface area contributed by atoms with Gasteiger partial charge in [0.2, 0.25) is 0 Å². The van der Waals surface area contributed by atoms with E-state index in [0.717, 1.165) is 45.7 Å². The zero-order valence-electron chi connectivity index (χ0n) is 9.89. The molecule has 0 aromatic carbocycles. The number of likely N-dealkylation sites (tertiary alicyclic amines) is 1. The summed E-state index contributed by atoms with van der Waals surface area (Å²) in [6.45, 7) is 6.51. The van der Waals surface area contributed by atoms with Crippen molar-refractivity contribution >= 4 is 5.97 Å². The van der Waals surface area contributed by atoms with Crippen LogP contribution in [0.15, 0.2) is 0 Å². The van der Waals surface area contributed by atoms with Crippen LogP contribution >= 0.6 is 0 Å². The van der Waals surface area contributed by atoms with Crippen molar-refractivity contribution in [3.05, 3.63) is 0 Å². The third kappa shape index (κ3) is 2.74. The third-order valence-electron chi connectivity index (χ3n) is 3.86. The molecule has 92 valence electrons. The number of carboxylic acid groups (broad SMARTS) is 1. The SMILES string of the molecule is CC1CN(CC2CCOCC2)CC1C(=O)O. The maximum Gasteiger partial charge on any atom is 0.308 e. The lowest BCUT2D eigenvalue weighted by molar-refractivity contribution is -0.142. The fourth-order valence-electron chi connectivity index (χ4n) is 2.83. The molecule has 2 aliphatic heterocycles. The van der Waals surface area contributed by atoms with Crippen LogP contribution in [0.4, 0.5) is 0 Å². The minimum Gasteiger partial charge on any atom is -0.481 e. The highest BCUT2D eigenvalue weighted by molar-refractivity contribution is 5.71. The molecule has 2 heterocycles. The van der Waals surface area contributed by atoms with E-state index in [2.05, 4.69) is 4.90 Å². The zero-order valence-corrected chi connectivity index (χ0v) is 9.89. The van der Waals surface area contributed by atoms with Crippen molar-refractivity contribution < 1.29 is 14.6 Å². The molecule has 0 aromatic heterocycles. The predicted octanol–water partition coefficient (Wildman–Crippen LogP) is 1.07. The first-order valence-corrected chi connectivity index (χ1v) is 6.19. The molecule has 2 aliphatic rings. The van der Waals surface area contributed by atoms with Gasteiger partial charge in [0.25, 0.3) is 0 Å². The predicted molar refractivity (Wildman–Crippen MR) is 60.3 cm³/mol. The van der Waals surface area contributed by atoms with Gasteiger partial charge in [0.15, 0.2) is 0 Å². The fraction of sp³-hybridized carbons (Fsp3) is 0.917. The monoisotopic (exact) mass is 227 g/mol. The lowest BCUT2D eigenvalue weighted by atomic mass is 9.99. The average molecular weight is 227 g/mol. The number of aliphatic carboxylic acids is 1. The van der Waals surface area contributed by atoms with Crippen molar-refractivity contribution in [2.75, 3.05) is 32.8 Å². The van der Waals surface area contributed by atoms with Crippen LogP contribution in [0.2, 0.25) is 0 Å². The Bertz CT molecular complexity index is 251. The third-order valence-corrected chi connectivity index (χ3v) is 3.86. The molecule has 16 heavy (non-hydrogen) atoms. The lowest BCUT2D eigenvalue weighted by Crippen LogP contribution is -2.31. The molecule has 0 amide bonds. The quantitative estimate of drug-likeness (QED) is 0.783. The van der Waals surface area contributed by atoms with Crippen LogP contribution < -0.4 is 0 Å². The molecule has 0 aliphatic carbocycles. The summed E-state index contributed by atoms with van der Waals surface area (Å²) >= 11 is 0. The summed E-state index contributed by atoms with van der Waals surface area (Å²) in [5.41, 5.74) is 0. The highest BCUT2D eigenvalue weighted by atomic mass is 16.5. The van der Waals surface area contributed by atoms with E-state index in [1.807, 2.05) is 6.92 Å². The maximum absolute atomic E-state index is 11.0. The zero-order chi connectivity index (χ0) is 11.5. The molecule has 0 aromatic rings. The Morgan fingerprint density at radius 1 is 1.38 bits per heavy atom. The van der Waals surface area contributed by atoms with Gasteiger partial charge in [-0.15, -0.1) is 0 Å². The summed E-state index contributed by atoms with van der Waals surface area (Å²) in [7, 11) is 0. The van der Waals surface area contributed by atoms with Crippen molar-refractivity contribution in [1.82, 2.24) is 4.90 Å². The largest absolute Gasteiger partial charge is 0.481 e. The maximum atomic E-state index is 11.0. The average Bonchev–Trinajstić information content (AvgIpc) is 2.61. The molecule has 4 heteroatoms. The Morgan fingerprint density at radius 2 is 2.06 bits per heavy atom. The second kappa shape index (κ2) is 5.15. The van der Waals surface area contributed by atoms with E-state index in [0.29, 0.717) is 5.92 Å². The topological polar surface area (TPSA) is 49.8 Å². The van der Waals surface area contributed by atoms with Gasteiger partial charge in [-0.1, -0.05) is 6.92 Å². The molecule has 0 bridgehead atoms. The number of carboxylic acids is 1. The van der Waals surface area contributed by atoms with Crippen LogP contribution in [0.1, 0.15) is 19.8 Å². The number of ether oxygens (including phenoxy) is 1. The standard InChI is InChI=1S/C12H21NO3/c1-9-6-13(8-11(9)12(14)15)7-10-2-4-16-5-3-10/h9-11H,2-8H2,1H3,(H,14,15). The summed E-state index contributed by atoms with van der Waals surface area (Å²) in [4.78, 5) is 13.3. The van der Waals surface area contributed by atoms with Crippen molar-refractivity contribution in [3.8, 4) is 0 Å². The molecule has 2 saturated heterocycles. The van der Waals surface area contributed by atoms with Crippen LogP contribution in [0.25, 0.3) is 0 Å². The van der Waals surface area contributed by atoms with Gasteiger partial charge in [-0.25, -0.2) is 0 Å². The van der Waals surface area contributed by atoms with Crippen LogP contribution in [0, 0.1) is 17.8 Å². The minimum atomic E-state index is -0.637. The number of carbonyl (C=O) groups is 1. The van der Waals surface area contributed by atoms with Crippen LogP contribution in [-0.4, -0.2) is 48.8 Å². The Labute approximate surface area is 96.6 Å². The van der Waals surface area contributed by atoms with E-state index in [-0.39, 0.29) is 11.8 Å². The Kier molecular flexibility index (Phi) is 3.82. The molecule has 0 saturated carbocycles. The highest BCUT2D eigenvalue weighted by Gasteiger charge is 2.35. The van der Waals surface area contributed by atoms with Crippen molar-refractivity contribution in [2.45, 2.75) is 19.8 Å². The summed E-state index contributed by atoms with van der Waals surface area (Å²) < 4.78 is 5.33. The summed E-state index contributed by atoms with van der Waals surface area (Å²) in [6.07, 6.45) is 2.26. The lowest BCUT2D eigenvalue weighted by Gasteiger charge is -2.26. The van der Waals surface area contributed by atoms with E-state index in [1.54, 1.807) is 0 Å². The molecular formula is C12H21NO3. The highest BCUT2D eigenvalue weighted by Crippen LogP contribution is 2.25. The van der Waals surface area contributed by atoms with Crippen LogP contribution in [0.3, 0.4) is 0 Å².